The number of carboxylic acids is 1. The van der Waals surface area contributed by atoms with E-state index in [-0.39, 0.29) is 18.0 Å². The number of benzene rings is 2. The minimum atomic E-state index is -0.958. The average molecular weight is 284 g/mol. The van der Waals surface area contributed by atoms with Gasteiger partial charge in [0.05, 0.1) is 11.1 Å². The lowest BCUT2D eigenvalue weighted by molar-refractivity contribution is 0.0696. The van der Waals surface area contributed by atoms with Crippen molar-refractivity contribution >= 4 is 11.8 Å². The van der Waals surface area contributed by atoms with Crippen LogP contribution in [0.2, 0.25) is 0 Å². The second-order valence-electron chi connectivity index (χ2n) is 4.85. The maximum Gasteiger partial charge on any atom is 0.335 e. The molecule has 0 heterocycles. The van der Waals surface area contributed by atoms with Crippen molar-refractivity contribution in [1.29, 1.82) is 0 Å². The normalized spacial score (nSPS) is 10.2. The molecule has 0 saturated carbocycles. The molecular formula is C17H16O4. The van der Waals surface area contributed by atoms with E-state index >= 15 is 0 Å². The van der Waals surface area contributed by atoms with Gasteiger partial charge in [0.1, 0.15) is 12.4 Å². The van der Waals surface area contributed by atoms with Crippen molar-refractivity contribution < 1.29 is 19.4 Å². The van der Waals surface area contributed by atoms with Gasteiger partial charge in [-0.3, -0.25) is 4.79 Å². The van der Waals surface area contributed by atoms with Gasteiger partial charge in [0.15, 0.2) is 5.78 Å². The number of rotatable bonds is 5. The Morgan fingerprint density at radius 3 is 2.33 bits per heavy atom. The van der Waals surface area contributed by atoms with E-state index in [1.54, 1.807) is 18.2 Å². The third-order valence-corrected chi connectivity index (χ3v) is 3.11. The average Bonchev–Trinajstić information content (AvgIpc) is 2.45. The molecule has 0 aliphatic carbocycles. The summed E-state index contributed by atoms with van der Waals surface area (Å²) in [6.07, 6.45) is 0. The summed E-state index contributed by atoms with van der Waals surface area (Å²) in [4.78, 5) is 22.3. The van der Waals surface area contributed by atoms with E-state index in [0.29, 0.717) is 11.3 Å². The van der Waals surface area contributed by atoms with Crippen LogP contribution in [0.3, 0.4) is 0 Å². The first kappa shape index (κ1) is 14.8. The van der Waals surface area contributed by atoms with Crippen LogP contribution in [0.4, 0.5) is 0 Å². The van der Waals surface area contributed by atoms with Gasteiger partial charge in [0.2, 0.25) is 0 Å². The molecule has 21 heavy (non-hydrogen) atoms. The van der Waals surface area contributed by atoms with E-state index < -0.39 is 5.97 Å². The first-order valence-corrected chi connectivity index (χ1v) is 6.54. The Labute approximate surface area is 123 Å². The lowest BCUT2D eigenvalue weighted by atomic mass is 10.1. The van der Waals surface area contributed by atoms with Gasteiger partial charge in [-0.25, -0.2) is 4.79 Å². The van der Waals surface area contributed by atoms with Crippen molar-refractivity contribution in [2.45, 2.75) is 20.5 Å². The summed E-state index contributed by atoms with van der Waals surface area (Å²) in [6, 6.07) is 11.9. The van der Waals surface area contributed by atoms with Crippen LogP contribution < -0.4 is 4.74 Å². The van der Waals surface area contributed by atoms with Crippen molar-refractivity contribution in [3.05, 3.63) is 64.7 Å². The molecule has 0 fully saturated rings. The fraction of sp³-hybridized carbons (Fsp3) is 0.176. The van der Waals surface area contributed by atoms with Gasteiger partial charge in [-0.15, -0.1) is 0 Å². The van der Waals surface area contributed by atoms with Crippen molar-refractivity contribution in [3.63, 3.8) is 0 Å². The summed E-state index contributed by atoms with van der Waals surface area (Å²) in [6.45, 7) is 3.71. The van der Waals surface area contributed by atoms with Crippen LogP contribution >= 0.6 is 0 Å². The highest BCUT2D eigenvalue weighted by Crippen LogP contribution is 2.22. The zero-order valence-electron chi connectivity index (χ0n) is 11.9. The summed E-state index contributed by atoms with van der Waals surface area (Å²) in [7, 11) is 0. The number of carbonyl (C=O) groups is 2. The topological polar surface area (TPSA) is 63.6 Å². The molecule has 1 N–H and O–H groups in total. The summed E-state index contributed by atoms with van der Waals surface area (Å²) in [5, 5.41) is 8.84. The molecule has 4 nitrogen and oxygen atoms in total. The summed E-state index contributed by atoms with van der Waals surface area (Å²) in [5.41, 5.74) is 2.63. The van der Waals surface area contributed by atoms with Gasteiger partial charge in [-0.2, -0.15) is 0 Å². The number of hydrogen-bond acceptors (Lipinski definition) is 3. The Morgan fingerprint density at radius 1 is 1.10 bits per heavy atom. The minimum Gasteiger partial charge on any atom is -0.488 e. The molecule has 2 rings (SSSR count). The zero-order chi connectivity index (χ0) is 15.4. The molecule has 0 bridgehead atoms. The highest BCUT2D eigenvalue weighted by Gasteiger charge is 2.09. The third kappa shape index (κ3) is 3.69. The third-order valence-electron chi connectivity index (χ3n) is 3.11. The standard InChI is InChI=1S/C17H16O4/c1-11-3-8-15(12(2)18)16(9-11)21-10-13-4-6-14(7-5-13)17(19)20/h3-9H,10H2,1-2H3,(H,19,20). The van der Waals surface area contributed by atoms with Gasteiger partial charge in [-0.05, 0) is 49.2 Å². The van der Waals surface area contributed by atoms with E-state index in [1.165, 1.54) is 19.1 Å². The Balaban J connectivity index is 2.14. The van der Waals surface area contributed by atoms with E-state index in [1.807, 2.05) is 19.1 Å². The minimum absolute atomic E-state index is 0.0498. The molecule has 2 aromatic carbocycles. The maximum absolute atomic E-state index is 11.6. The van der Waals surface area contributed by atoms with E-state index in [0.717, 1.165) is 11.1 Å². The van der Waals surface area contributed by atoms with Crippen LogP contribution in [0.15, 0.2) is 42.5 Å². The molecule has 2 aromatic rings. The molecule has 0 aliphatic heterocycles. The molecule has 0 spiro atoms. The van der Waals surface area contributed by atoms with E-state index in [2.05, 4.69) is 0 Å². The van der Waals surface area contributed by atoms with Crippen molar-refractivity contribution in [2.75, 3.05) is 0 Å². The van der Waals surface area contributed by atoms with E-state index in [9.17, 15) is 9.59 Å². The highest BCUT2D eigenvalue weighted by molar-refractivity contribution is 5.96. The van der Waals surface area contributed by atoms with Gasteiger partial charge in [-0.1, -0.05) is 18.2 Å². The van der Waals surface area contributed by atoms with Gasteiger partial charge >= 0.3 is 5.97 Å². The quantitative estimate of drug-likeness (QED) is 0.854. The predicted molar refractivity (Wildman–Crippen MR) is 78.9 cm³/mol. The lowest BCUT2D eigenvalue weighted by Crippen LogP contribution is -2.03. The maximum atomic E-state index is 11.6. The number of aromatic carboxylic acids is 1. The van der Waals surface area contributed by atoms with E-state index in [4.69, 9.17) is 9.84 Å². The molecule has 0 amide bonds. The van der Waals surface area contributed by atoms with Gasteiger partial charge in [0.25, 0.3) is 0 Å². The first-order valence-electron chi connectivity index (χ1n) is 6.54. The molecule has 4 heteroatoms. The SMILES string of the molecule is CC(=O)c1ccc(C)cc1OCc1ccc(C(=O)O)cc1. The number of Topliss-reactive ketones (excluding diaryl/α,β-unsaturated/α-hetero) is 1. The van der Waals surface area contributed by atoms with Crippen LogP contribution in [-0.2, 0) is 6.61 Å². The number of hydrogen-bond donors (Lipinski definition) is 1. The molecule has 108 valence electrons. The number of ketones is 1. The number of ether oxygens (including phenoxy) is 1. The molecule has 0 aliphatic rings. The highest BCUT2D eigenvalue weighted by atomic mass is 16.5. The summed E-state index contributed by atoms with van der Waals surface area (Å²) >= 11 is 0. The fourth-order valence-electron chi connectivity index (χ4n) is 1.94. The van der Waals surface area contributed by atoms with Crippen LogP contribution in [-0.4, -0.2) is 16.9 Å². The monoisotopic (exact) mass is 284 g/mol. The van der Waals surface area contributed by atoms with Crippen LogP contribution in [0.1, 0.15) is 38.8 Å². The Kier molecular flexibility index (Phi) is 4.38. The van der Waals surface area contributed by atoms with Crippen molar-refractivity contribution in [3.8, 4) is 5.75 Å². The zero-order valence-corrected chi connectivity index (χ0v) is 11.9. The summed E-state index contributed by atoms with van der Waals surface area (Å²) in [5.74, 6) is -0.462. The lowest BCUT2D eigenvalue weighted by Gasteiger charge is -2.11. The second kappa shape index (κ2) is 6.22. The molecule has 0 unspecified atom stereocenters. The number of aryl methyl sites for hydroxylation is 1. The van der Waals surface area contributed by atoms with Crippen LogP contribution in [0, 0.1) is 6.92 Å². The molecule has 0 aromatic heterocycles. The number of carbonyl (C=O) groups excluding carboxylic acids is 1. The van der Waals surface area contributed by atoms with Crippen molar-refractivity contribution in [1.82, 2.24) is 0 Å². The first-order chi connectivity index (χ1) is 9.97. The Hall–Kier alpha value is -2.62. The second-order valence-corrected chi connectivity index (χ2v) is 4.85. The molecule has 0 saturated heterocycles. The van der Waals surface area contributed by atoms with Gasteiger partial charge < -0.3 is 9.84 Å². The summed E-state index contributed by atoms with van der Waals surface area (Å²) < 4.78 is 5.70. The number of carboxylic acid groups (broad SMARTS) is 1. The fourth-order valence-corrected chi connectivity index (χ4v) is 1.94. The Bertz CT molecular complexity index is 672. The van der Waals surface area contributed by atoms with Crippen LogP contribution in [0.5, 0.6) is 5.75 Å². The molecule has 0 atom stereocenters. The molecular weight excluding hydrogens is 268 g/mol. The smallest absolute Gasteiger partial charge is 0.335 e. The molecule has 0 radical (unpaired) electrons. The van der Waals surface area contributed by atoms with Gasteiger partial charge in [0, 0.05) is 0 Å². The largest absolute Gasteiger partial charge is 0.488 e. The predicted octanol–water partition coefficient (Wildman–Crippen LogP) is 3.47. The Morgan fingerprint density at radius 2 is 1.76 bits per heavy atom. The van der Waals surface area contributed by atoms with Crippen molar-refractivity contribution in [2.24, 2.45) is 0 Å². The van der Waals surface area contributed by atoms with Crippen LogP contribution in [0.25, 0.3) is 0 Å².